The lowest BCUT2D eigenvalue weighted by Gasteiger charge is -2.20. The smallest absolute Gasteiger partial charge is 0.361 e. The third-order valence-corrected chi connectivity index (χ3v) is 3.75. The fraction of sp³-hybridized carbons (Fsp3) is 0.267. The van der Waals surface area contributed by atoms with Crippen LogP contribution in [0.3, 0.4) is 0 Å². The number of ether oxygens (including phenoxy) is 1. The van der Waals surface area contributed by atoms with Gasteiger partial charge in [0.15, 0.2) is 11.4 Å². The van der Waals surface area contributed by atoms with Crippen molar-refractivity contribution in [3.63, 3.8) is 0 Å². The molecule has 0 saturated heterocycles. The summed E-state index contributed by atoms with van der Waals surface area (Å²) in [5, 5.41) is 18.6. The minimum absolute atomic E-state index is 0.125. The Morgan fingerprint density at radius 3 is 2.73 bits per heavy atom. The van der Waals surface area contributed by atoms with Crippen LogP contribution in [0.4, 0.5) is 5.69 Å². The van der Waals surface area contributed by atoms with Gasteiger partial charge in [0.1, 0.15) is 18.1 Å². The Bertz CT molecular complexity index is 877. The van der Waals surface area contributed by atoms with Gasteiger partial charge in [0.2, 0.25) is 0 Å². The Hall–Kier alpha value is -3.14. The Kier molecular flexibility index (Phi) is 5.46. The van der Waals surface area contributed by atoms with E-state index in [1.54, 1.807) is 12.1 Å². The molecular formula is C15H16ClN5O5. The number of methoxy groups -OCH3 is 1. The van der Waals surface area contributed by atoms with E-state index in [2.05, 4.69) is 10.3 Å². The average Bonchev–Trinajstić information content (AvgIpc) is 3.10. The van der Waals surface area contributed by atoms with Crippen molar-refractivity contribution in [1.82, 2.24) is 9.78 Å². The number of hydrogen-bond donors (Lipinski definition) is 1. The summed E-state index contributed by atoms with van der Waals surface area (Å²) in [6.45, 7) is 2.94. The zero-order valence-electron chi connectivity index (χ0n) is 14.2. The van der Waals surface area contributed by atoms with Gasteiger partial charge in [-0.15, -0.1) is 0 Å². The number of amidine groups is 1. The molecule has 2 N–H and O–H groups in total. The van der Waals surface area contributed by atoms with E-state index >= 15 is 0 Å². The molecule has 0 aliphatic rings. The summed E-state index contributed by atoms with van der Waals surface area (Å²) in [6, 6.07) is 4.71. The van der Waals surface area contributed by atoms with Gasteiger partial charge in [-0.05, 0) is 32.0 Å². The number of nitrogens with two attached hydrogens (primary N) is 1. The molecule has 11 heteroatoms. The van der Waals surface area contributed by atoms with E-state index in [0.29, 0.717) is 16.3 Å². The van der Waals surface area contributed by atoms with Crippen molar-refractivity contribution in [2.45, 2.75) is 19.4 Å². The summed E-state index contributed by atoms with van der Waals surface area (Å²) in [5.74, 6) is -0.548. The van der Waals surface area contributed by atoms with Crippen LogP contribution in [-0.4, -0.2) is 33.6 Å². The normalized spacial score (nSPS) is 11.9. The quantitative estimate of drug-likeness (QED) is 0.266. The van der Waals surface area contributed by atoms with Crippen molar-refractivity contribution in [3.05, 3.63) is 51.3 Å². The van der Waals surface area contributed by atoms with E-state index in [0.717, 1.165) is 17.1 Å². The van der Waals surface area contributed by atoms with E-state index < -0.39 is 16.4 Å². The van der Waals surface area contributed by atoms with Crippen LogP contribution in [-0.2, 0) is 15.2 Å². The van der Waals surface area contributed by atoms with Crippen LogP contribution in [0.1, 0.15) is 19.4 Å². The highest BCUT2D eigenvalue weighted by atomic mass is 35.5. The molecule has 1 heterocycles. The molecule has 10 nitrogen and oxygen atoms in total. The molecule has 0 aliphatic carbocycles. The van der Waals surface area contributed by atoms with Crippen LogP contribution in [0, 0.1) is 10.1 Å². The second-order valence-corrected chi connectivity index (χ2v) is 6.10. The molecule has 0 bridgehead atoms. The fourth-order valence-electron chi connectivity index (χ4n) is 1.94. The summed E-state index contributed by atoms with van der Waals surface area (Å²) in [4.78, 5) is 27.3. The Morgan fingerprint density at radius 1 is 1.46 bits per heavy atom. The van der Waals surface area contributed by atoms with Gasteiger partial charge < -0.3 is 15.3 Å². The van der Waals surface area contributed by atoms with Gasteiger partial charge in [0, 0.05) is 5.02 Å². The van der Waals surface area contributed by atoms with Crippen LogP contribution < -0.4 is 10.5 Å². The number of rotatable bonds is 6. The molecule has 2 aromatic rings. The van der Waals surface area contributed by atoms with Crippen molar-refractivity contribution in [2.75, 3.05) is 7.11 Å². The van der Waals surface area contributed by atoms with Gasteiger partial charge in [0.05, 0.1) is 17.6 Å². The first kappa shape index (κ1) is 19.2. The first-order chi connectivity index (χ1) is 12.2. The topological polar surface area (TPSA) is 135 Å². The summed E-state index contributed by atoms with van der Waals surface area (Å²) in [7, 11) is 1.44. The number of benzene rings is 1. The second kappa shape index (κ2) is 7.40. The highest BCUT2D eigenvalue weighted by Gasteiger charge is 2.34. The van der Waals surface area contributed by atoms with Gasteiger partial charge in [-0.2, -0.15) is 5.10 Å². The van der Waals surface area contributed by atoms with Gasteiger partial charge in [-0.1, -0.05) is 16.8 Å². The predicted molar refractivity (Wildman–Crippen MR) is 93.0 cm³/mol. The molecule has 1 aromatic heterocycles. The van der Waals surface area contributed by atoms with E-state index in [-0.39, 0.29) is 11.5 Å². The van der Waals surface area contributed by atoms with E-state index in [1.807, 2.05) is 0 Å². The number of oxime groups is 1. The fourth-order valence-corrected chi connectivity index (χ4v) is 2.11. The Balaban J connectivity index is 2.21. The summed E-state index contributed by atoms with van der Waals surface area (Å²) >= 11 is 5.92. The minimum atomic E-state index is -1.35. The molecule has 0 unspecified atom stereocenters. The molecule has 0 radical (unpaired) electrons. The average molecular weight is 382 g/mol. The van der Waals surface area contributed by atoms with Crippen molar-refractivity contribution >= 4 is 29.1 Å². The Morgan fingerprint density at radius 2 is 2.15 bits per heavy atom. The number of hydrogen-bond acceptors (Lipinski definition) is 7. The Labute approximate surface area is 153 Å². The number of halogens is 1. The lowest BCUT2D eigenvalue weighted by Crippen LogP contribution is -2.37. The van der Waals surface area contributed by atoms with Crippen molar-refractivity contribution in [3.8, 4) is 5.75 Å². The molecule has 0 saturated carbocycles. The SMILES string of the molecule is COc1ccc(Cl)cc1/C(N)=N/OC(=O)C(C)(C)n1cc([N+](=O)[O-])cn1. The molecule has 0 fully saturated rings. The van der Waals surface area contributed by atoms with E-state index in [4.69, 9.17) is 26.9 Å². The number of carbonyl (C=O) groups is 1. The predicted octanol–water partition coefficient (Wildman–Crippen LogP) is 2.05. The van der Waals surface area contributed by atoms with Gasteiger partial charge >= 0.3 is 11.7 Å². The second-order valence-electron chi connectivity index (χ2n) is 5.66. The maximum Gasteiger partial charge on any atom is 0.361 e. The van der Waals surface area contributed by atoms with Crippen LogP contribution in [0.5, 0.6) is 5.75 Å². The zero-order valence-corrected chi connectivity index (χ0v) is 14.9. The number of nitro groups is 1. The van der Waals surface area contributed by atoms with Crippen molar-refractivity contribution in [1.29, 1.82) is 0 Å². The molecule has 0 aliphatic heterocycles. The molecular weight excluding hydrogens is 366 g/mol. The van der Waals surface area contributed by atoms with Crippen molar-refractivity contribution < 1.29 is 19.3 Å². The monoisotopic (exact) mass is 381 g/mol. The third kappa shape index (κ3) is 3.91. The minimum Gasteiger partial charge on any atom is -0.496 e. The first-order valence-corrected chi connectivity index (χ1v) is 7.63. The third-order valence-electron chi connectivity index (χ3n) is 3.52. The van der Waals surface area contributed by atoms with Crippen LogP contribution in [0.15, 0.2) is 35.7 Å². The zero-order chi connectivity index (χ0) is 19.5. The summed E-state index contributed by atoms with van der Waals surface area (Å²) in [5.41, 5.74) is 4.58. The first-order valence-electron chi connectivity index (χ1n) is 7.25. The van der Waals surface area contributed by atoms with Crippen LogP contribution in [0.25, 0.3) is 0 Å². The van der Waals surface area contributed by atoms with Gasteiger partial charge in [-0.25, -0.2) is 9.48 Å². The lowest BCUT2D eigenvalue weighted by atomic mass is 10.1. The lowest BCUT2D eigenvalue weighted by molar-refractivity contribution is -0.385. The summed E-state index contributed by atoms with van der Waals surface area (Å²) < 4.78 is 6.26. The number of aromatic nitrogens is 2. The summed E-state index contributed by atoms with van der Waals surface area (Å²) in [6.07, 6.45) is 2.15. The highest BCUT2D eigenvalue weighted by molar-refractivity contribution is 6.31. The molecule has 0 amide bonds. The number of carbonyl (C=O) groups excluding carboxylic acids is 1. The highest BCUT2D eigenvalue weighted by Crippen LogP contribution is 2.23. The molecule has 138 valence electrons. The van der Waals surface area contributed by atoms with Gasteiger partial charge in [-0.3, -0.25) is 10.1 Å². The molecule has 1 aromatic carbocycles. The molecule has 0 atom stereocenters. The number of nitrogens with zero attached hydrogens (tertiary/aromatic N) is 4. The van der Waals surface area contributed by atoms with E-state index in [9.17, 15) is 14.9 Å². The van der Waals surface area contributed by atoms with Gasteiger partial charge in [0.25, 0.3) is 0 Å². The van der Waals surface area contributed by atoms with Crippen LogP contribution in [0.2, 0.25) is 5.02 Å². The maximum atomic E-state index is 12.3. The van der Waals surface area contributed by atoms with E-state index in [1.165, 1.54) is 27.0 Å². The van der Waals surface area contributed by atoms with Crippen molar-refractivity contribution in [2.24, 2.45) is 10.9 Å². The largest absolute Gasteiger partial charge is 0.496 e. The maximum absolute atomic E-state index is 12.3. The van der Waals surface area contributed by atoms with Crippen LogP contribution >= 0.6 is 11.6 Å². The molecule has 26 heavy (non-hydrogen) atoms. The standard InChI is InChI=1S/C15H16ClN5O5/c1-15(2,20-8-10(7-18-20)21(23)24)14(22)26-19-13(17)11-6-9(16)4-5-12(11)25-3/h4-8H,1-3H3,(H2,17,19). The molecule has 0 spiro atoms. The molecule has 2 rings (SSSR count).